The number of carbonyl (C=O) groups excluding carboxylic acids is 2. The van der Waals surface area contributed by atoms with Crippen molar-refractivity contribution in [2.75, 3.05) is 4.31 Å². The number of carbonyl (C=O) groups is 2. The number of aryl methyl sites for hydroxylation is 1. The molecule has 0 radical (unpaired) electrons. The molecule has 1 saturated carbocycles. The summed E-state index contributed by atoms with van der Waals surface area (Å²) in [6, 6.07) is 7.82. The lowest BCUT2D eigenvalue weighted by atomic mass is 9.90. The molecule has 198 valence electrons. The van der Waals surface area contributed by atoms with Gasteiger partial charge in [-0.25, -0.2) is 18.2 Å². The number of pyridine rings is 1. The van der Waals surface area contributed by atoms with E-state index in [0.29, 0.717) is 25.7 Å². The standard InChI is InChI=1S/C26H23F3N4O4S/c1-14-2-9-23(34)19(10-14)25(35)31-16-3-5-17(6-4-16)33-26(36)20-11-15(27)13-30-24(20)32(38(33)37)18-7-8-21(28)22(29)12-18/h2,7-13,16-17,34H,3-6H2,1H3,(H,31,35)/t16-,17+,38?. The van der Waals surface area contributed by atoms with Gasteiger partial charge >= 0.3 is 5.91 Å². The van der Waals surface area contributed by atoms with E-state index in [-0.39, 0.29) is 34.4 Å². The van der Waals surface area contributed by atoms with Gasteiger partial charge in [0.2, 0.25) is 11.5 Å². The Morgan fingerprint density at radius 3 is 2.53 bits per heavy atom. The van der Waals surface area contributed by atoms with Crippen molar-refractivity contribution >= 4 is 34.9 Å². The summed E-state index contributed by atoms with van der Waals surface area (Å²) in [5, 5.41) is 12.9. The van der Waals surface area contributed by atoms with E-state index < -0.39 is 46.9 Å². The number of phenols is 1. The fraction of sp³-hybridized carbons (Fsp3) is 0.269. The van der Waals surface area contributed by atoms with Crippen LogP contribution in [0.25, 0.3) is 0 Å². The van der Waals surface area contributed by atoms with Gasteiger partial charge in [0.15, 0.2) is 17.5 Å². The number of aromatic nitrogens is 1. The molecule has 8 nitrogen and oxygen atoms in total. The normalized spacial score (nSPS) is 21.3. The number of nitrogens with one attached hydrogen (secondary N) is 1. The van der Waals surface area contributed by atoms with Crippen molar-refractivity contribution in [2.24, 2.45) is 0 Å². The van der Waals surface area contributed by atoms with Crippen molar-refractivity contribution in [3.05, 3.63) is 82.8 Å². The topological polar surface area (TPSA) is 109 Å². The molecule has 38 heavy (non-hydrogen) atoms. The number of hydrogen-bond donors (Lipinski definition) is 2. The Labute approximate surface area is 219 Å². The Kier molecular flexibility index (Phi) is 6.93. The van der Waals surface area contributed by atoms with Gasteiger partial charge in [0.1, 0.15) is 11.6 Å². The van der Waals surface area contributed by atoms with Gasteiger partial charge in [0, 0.05) is 12.1 Å². The summed E-state index contributed by atoms with van der Waals surface area (Å²) in [5.41, 5.74) is 0.811. The van der Waals surface area contributed by atoms with E-state index in [9.17, 15) is 32.4 Å². The summed E-state index contributed by atoms with van der Waals surface area (Å²) in [5.74, 6) is -4.43. The van der Waals surface area contributed by atoms with Gasteiger partial charge in [-0.05, 0) is 62.9 Å². The summed E-state index contributed by atoms with van der Waals surface area (Å²) in [6.45, 7) is 1.81. The summed E-state index contributed by atoms with van der Waals surface area (Å²) in [4.78, 5) is 30.0. The van der Waals surface area contributed by atoms with Crippen LogP contribution in [0.5, 0.6) is 5.75 Å². The second kappa shape index (κ2) is 10.2. The molecule has 0 bridgehead atoms. The minimum atomic E-state index is -2.21. The van der Waals surface area contributed by atoms with E-state index in [0.717, 1.165) is 38.6 Å². The number of fused-ring (bicyclic) bond motifs is 1. The zero-order valence-electron chi connectivity index (χ0n) is 20.2. The summed E-state index contributed by atoms with van der Waals surface area (Å²) in [6.07, 6.45) is 2.48. The van der Waals surface area contributed by atoms with Crippen molar-refractivity contribution in [3.63, 3.8) is 0 Å². The minimum Gasteiger partial charge on any atom is -0.567 e. The van der Waals surface area contributed by atoms with Crippen LogP contribution in [0.3, 0.4) is 0 Å². The molecule has 2 amide bonds. The molecule has 0 saturated heterocycles. The first kappa shape index (κ1) is 25.9. The number of phenolic OH excluding ortho intramolecular Hbond substituents is 1. The van der Waals surface area contributed by atoms with Crippen LogP contribution in [-0.4, -0.2) is 42.8 Å². The zero-order valence-corrected chi connectivity index (χ0v) is 21.0. The quantitative estimate of drug-likeness (QED) is 0.471. The van der Waals surface area contributed by atoms with Crippen LogP contribution in [0.2, 0.25) is 0 Å². The second-order valence-electron chi connectivity index (χ2n) is 9.28. The molecule has 12 heteroatoms. The Morgan fingerprint density at radius 2 is 1.82 bits per heavy atom. The smallest absolute Gasteiger partial charge is 0.301 e. The van der Waals surface area contributed by atoms with Crippen LogP contribution in [0.15, 0.2) is 48.7 Å². The van der Waals surface area contributed by atoms with Crippen LogP contribution in [-0.2, 0) is 11.5 Å². The number of amides is 2. The third-order valence-corrected chi connectivity index (χ3v) is 8.18. The lowest BCUT2D eigenvalue weighted by Gasteiger charge is -2.41. The monoisotopic (exact) mass is 544 g/mol. The lowest BCUT2D eigenvalue weighted by Crippen LogP contribution is -2.55. The van der Waals surface area contributed by atoms with E-state index in [4.69, 9.17) is 0 Å². The van der Waals surface area contributed by atoms with Crippen LogP contribution in [0.4, 0.5) is 24.7 Å². The van der Waals surface area contributed by atoms with Crippen molar-refractivity contribution in [1.82, 2.24) is 14.6 Å². The van der Waals surface area contributed by atoms with E-state index in [1.807, 2.05) is 0 Å². The molecule has 5 rings (SSSR count). The first-order valence-electron chi connectivity index (χ1n) is 11.9. The predicted octanol–water partition coefficient (Wildman–Crippen LogP) is 4.43. The summed E-state index contributed by atoms with van der Waals surface area (Å²) in [7, 11) is 0. The number of halogens is 3. The number of rotatable bonds is 4. The highest BCUT2D eigenvalue weighted by Gasteiger charge is 2.48. The van der Waals surface area contributed by atoms with Crippen LogP contribution in [0.1, 0.15) is 52.0 Å². The molecule has 2 N–H and O–H groups in total. The Morgan fingerprint density at radius 1 is 1.08 bits per heavy atom. The second-order valence-corrected chi connectivity index (χ2v) is 10.5. The number of anilines is 2. The maximum Gasteiger partial charge on any atom is 0.301 e. The number of benzene rings is 2. The van der Waals surface area contributed by atoms with Crippen LogP contribution >= 0.6 is 0 Å². The molecule has 2 aromatic carbocycles. The predicted molar refractivity (Wildman–Crippen MR) is 133 cm³/mol. The molecule has 1 atom stereocenters. The minimum absolute atomic E-state index is 0.0148. The molecule has 3 aromatic rings. The van der Waals surface area contributed by atoms with Crippen molar-refractivity contribution in [3.8, 4) is 5.75 Å². The molecule has 0 spiro atoms. The zero-order chi connectivity index (χ0) is 27.1. The molecule has 1 aliphatic carbocycles. The third kappa shape index (κ3) is 4.76. The van der Waals surface area contributed by atoms with Crippen LogP contribution in [0, 0.1) is 24.4 Å². The molecule has 1 fully saturated rings. The molecular weight excluding hydrogens is 521 g/mol. The molecule has 2 aliphatic rings. The number of aromatic hydroxyl groups is 1. The number of nitrogens with zero attached hydrogens (tertiary/aromatic N) is 3. The molecule has 1 unspecified atom stereocenters. The van der Waals surface area contributed by atoms with Crippen molar-refractivity contribution in [2.45, 2.75) is 44.7 Å². The van der Waals surface area contributed by atoms with Crippen molar-refractivity contribution < 1.29 is 32.4 Å². The van der Waals surface area contributed by atoms with E-state index in [1.54, 1.807) is 19.1 Å². The average molecular weight is 545 g/mol. The molecule has 1 aromatic heterocycles. The van der Waals surface area contributed by atoms with Gasteiger partial charge in [0.05, 0.1) is 29.1 Å². The lowest BCUT2D eigenvalue weighted by molar-refractivity contribution is 0.0770. The van der Waals surface area contributed by atoms with Gasteiger partial charge in [-0.3, -0.25) is 9.59 Å². The highest BCUT2D eigenvalue weighted by atomic mass is 32.2. The maximum atomic E-state index is 14.1. The average Bonchev–Trinajstić information content (AvgIpc) is 2.89. The van der Waals surface area contributed by atoms with Gasteiger partial charge in [-0.15, -0.1) is 8.61 Å². The fourth-order valence-electron chi connectivity index (χ4n) is 4.77. The van der Waals surface area contributed by atoms with Crippen LogP contribution < -0.4 is 9.62 Å². The van der Waals surface area contributed by atoms with Gasteiger partial charge in [0.25, 0.3) is 5.91 Å². The molecule has 2 heterocycles. The fourth-order valence-corrected chi connectivity index (χ4v) is 6.24. The highest BCUT2D eigenvalue weighted by Crippen LogP contribution is 2.40. The maximum absolute atomic E-state index is 14.1. The van der Waals surface area contributed by atoms with E-state index in [1.165, 1.54) is 12.1 Å². The molecular formula is C26H23F3N4O4S. The molecule has 1 aliphatic heterocycles. The first-order valence-corrected chi connectivity index (χ1v) is 13.0. The Balaban J connectivity index is 1.37. The SMILES string of the molecule is Cc1ccc(O)c(C(=O)N[C@H]2CC[C@@H](N3C(=O)c4cc(F)cnc4N(c4ccc(F)c(F)c4)[S+]3[O-])CC2)c1. The summed E-state index contributed by atoms with van der Waals surface area (Å²) >= 11 is -2.21. The van der Waals surface area contributed by atoms with Crippen molar-refractivity contribution in [1.29, 1.82) is 0 Å². The Bertz CT molecular complexity index is 1420. The Hall–Kier alpha value is -3.77. The van der Waals surface area contributed by atoms with E-state index in [2.05, 4.69) is 10.3 Å². The third-order valence-electron chi connectivity index (χ3n) is 6.68. The van der Waals surface area contributed by atoms with E-state index >= 15 is 0 Å². The van der Waals surface area contributed by atoms with Gasteiger partial charge in [-0.1, -0.05) is 11.6 Å². The number of hydrogen-bond acceptors (Lipinski definition) is 6. The highest BCUT2D eigenvalue weighted by molar-refractivity contribution is 7.91. The first-order chi connectivity index (χ1) is 18.1. The van der Waals surface area contributed by atoms with Gasteiger partial charge in [-0.2, -0.15) is 0 Å². The van der Waals surface area contributed by atoms with Gasteiger partial charge < -0.3 is 15.0 Å². The summed E-state index contributed by atoms with van der Waals surface area (Å²) < 4.78 is 57.5. The largest absolute Gasteiger partial charge is 0.567 e.